The number of carbonyl (C=O) groups is 3. The van der Waals surface area contributed by atoms with Gasteiger partial charge in [-0.15, -0.1) is 11.8 Å². The Morgan fingerprint density at radius 2 is 1.36 bits per heavy atom. The summed E-state index contributed by atoms with van der Waals surface area (Å²) >= 11 is 8.35. The normalized spacial score (nSPS) is 11.7. The van der Waals surface area contributed by atoms with Crippen LogP contribution in [0.25, 0.3) is 6.08 Å². The number of para-hydroxylation sites is 1. The maximum Gasteiger partial charge on any atom is 0.272 e. The van der Waals surface area contributed by atoms with Crippen molar-refractivity contribution >= 4 is 78.8 Å². The zero-order valence-electron chi connectivity index (χ0n) is 23.7. The molecule has 0 radical (unpaired) electrons. The zero-order valence-corrected chi connectivity index (χ0v) is 27.7. The predicted molar refractivity (Wildman–Crippen MR) is 189 cm³/mol. The largest absolute Gasteiger partial charge is 0.324 e. The summed E-state index contributed by atoms with van der Waals surface area (Å²) < 4.78 is 1.64. The number of halogens is 2. The molecule has 3 amide bonds. The van der Waals surface area contributed by atoms with E-state index in [4.69, 9.17) is 0 Å². The van der Waals surface area contributed by atoms with Gasteiger partial charge in [0.25, 0.3) is 11.8 Å². The molecule has 0 bridgehead atoms. The minimum atomic E-state index is -0.522. The first-order valence-corrected chi connectivity index (χ1v) is 16.3. The Hall–Kier alpha value is -4.44. The molecule has 0 aromatic heterocycles. The van der Waals surface area contributed by atoms with Crippen molar-refractivity contribution in [1.29, 1.82) is 0 Å². The highest BCUT2D eigenvalue weighted by Gasteiger charge is 2.23. The number of rotatable bonds is 10. The molecule has 6 nitrogen and oxygen atoms in total. The Labute approximate surface area is 282 Å². The summed E-state index contributed by atoms with van der Waals surface area (Å²) in [6, 6.07) is 40.4. The fourth-order valence-electron chi connectivity index (χ4n) is 4.32. The van der Waals surface area contributed by atoms with Crippen LogP contribution in [0, 0.1) is 0 Å². The van der Waals surface area contributed by atoms with E-state index >= 15 is 0 Å². The van der Waals surface area contributed by atoms with Gasteiger partial charge in [-0.05, 0) is 93.8 Å². The third kappa shape index (κ3) is 9.04. The summed E-state index contributed by atoms with van der Waals surface area (Å²) in [5.74, 6) is -1.03. The van der Waals surface area contributed by atoms with Crippen molar-refractivity contribution in [3.05, 3.63) is 165 Å². The second-order valence-electron chi connectivity index (χ2n) is 9.79. The smallest absolute Gasteiger partial charge is 0.272 e. The molecule has 5 aromatic rings. The first-order chi connectivity index (χ1) is 21.9. The first-order valence-electron chi connectivity index (χ1n) is 13.9. The second-order valence-corrected chi connectivity index (χ2v) is 12.7. The molecule has 5 rings (SSSR count). The monoisotopic (exact) mass is 739 g/mol. The molecular weight excluding hydrogens is 714 g/mol. The van der Waals surface area contributed by atoms with E-state index in [0.717, 1.165) is 25.0 Å². The van der Waals surface area contributed by atoms with Crippen LogP contribution in [0.3, 0.4) is 0 Å². The van der Waals surface area contributed by atoms with Gasteiger partial charge < -0.3 is 16.0 Å². The molecule has 45 heavy (non-hydrogen) atoms. The Bertz CT molecular complexity index is 1830. The number of amides is 3. The maximum atomic E-state index is 13.5. The van der Waals surface area contributed by atoms with Gasteiger partial charge in [-0.2, -0.15) is 0 Å². The number of benzene rings is 5. The van der Waals surface area contributed by atoms with Crippen LogP contribution < -0.4 is 16.0 Å². The highest BCUT2D eigenvalue weighted by atomic mass is 79.9. The highest BCUT2D eigenvalue weighted by molar-refractivity contribution is 9.10. The summed E-state index contributed by atoms with van der Waals surface area (Å²) in [6.45, 7) is 0. The van der Waals surface area contributed by atoms with Gasteiger partial charge in [-0.25, -0.2) is 0 Å². The summed E-state index contributed by atoms with van der Waals surface area (Å²) in [6.07, 6.45) is 1.62. The maximum absolute atomic E-state index is 13.5. The van der Waals surface area contributed by atoms with Crippen molar-refractivity contribution in [3.63, 3.8) is 0 Å². The van der Waals surface area contributed by atoms with Gasteiger partial charge in [0.15, 0.2) is 0 Å². The lowest BCUT2D eigenvalue weighted by atomic mass is 10.1. The number of nitrogens with one attached hydrogen (secondary N) is 3. The Balaban J connectivity index is 1.33. The van der Waals surface area contributed by atoms with Crippen molar-refractivity contribution in [3.8, 4) is 0 Å². The van der Waals surface area contributed by atoms with Gasteiger partial charge >= 0.3 is 0 Å². The van der Waals surface area contributed by atoms with Crippen molar-refractivity contribution in [2.75, 3.05) is 10.6 Å². The SMILES string of the molecule is O=C(Nc1ccc(SC(C(=O)Nc2ccccc2Br)c2ccccc2)cc1)/C(=C/c1cccc(Br)c1)NC(=O)c1ccccc1. The molecule has 224 valence electrons. The molecule has 1 unspecified atom stereocenters. The quantitative estimate of drug-likeness (QED) is 0.0985. The fourth-order valence-corrected chi connectivity index (χ4v) is 6.14. The molecule has 9 heteroatoms. The number of thioether (sulfide) groups is 1. The first kappa shape index (κ1) is 32.0. The molecule has 5 aromatic carbocycles. The molecule has 0 aliphatic carbocycles. The molecule has 3 N–H and O–H groups in total. The average Bonchev–Trinajstić information content (AvgIpc) is 3.06. The van der Waals surface area contributed by atoms with Crippen LogP contribution in [0.5, 0.6) is 0 Å². The lowest BCUT2D eigenvalue weighted by Gasteiger charge is -2.18. The summed E-state index contributed by atoms with van der Waals surface area (Å²) in [4.78, 5) is 40.7. The van der Waals surface area contributed by atoms with E-state index in [1.165, 1.54) is 11.8 Å². The van der Waals surface area contributed by atoms with Crippen molar-refractivity contribution in [1.82, 2.24) is 5.32 Å². The van der Waals surface area contributed by atoms with Gasteiger partial charge in [0.05, 0.1) is 5.69 Å². The van der Waals surface area contributed by atoms with Crippen molar-refractivity contribution in [2.45, 2.75) is 10.1 Å². The Morgan fingerprint density at radius 3 is 2.04 bits per heavy atom. The Morgan fingerprint density at radius 1 is 0.689 bits per heavy atom. The fraction of sp³-hybridized carbons (Fsp3) is 0.0278. The third-order valence-corrected chi connectivity index (χ3v) is 8.98. The molecule has 0 aliphatic heterocycles. The Kier molecular flexibility index (Phi) is 11.0. The summed E-state index contributed by atoms with van der Waals surface area (Å²) in [5.41, 5.74) is 3.35. The predicted octanol–water partition coefficient (Wildman–Crippen LogP) is 9.09. The molecule has 0 spiro atoms. The van der Waals surface area contributed by atoms with E-state index in [0.29, 0.717) is 16.9 Å². The van der Waals surface area contributed by atoms with Crippen molar-refractivity contribution < 1.29 is 14.4 Å². The van der Waals surface area contributed by atoms with Crippen LogP contribution in [0.2, 0.25) is 0 Å². The van der Waals surface area contributed by atoms with Crippen molar-refractivity contribution in [2.24, 2.45) is 0 Å². The van der Waals surface area contributed by atoms with E-state index in [2.05, 4.69) is 47.8 Å². The van der Waals surface area contributed by atoms with Crippen LogP contribution >= 0.6 is 43.6 Å². The molecule has 0 heterocycles. The van der Waals surface area contributed by atoms with Crippen LogP contribution in [-0.4, -0.2) is 17.7 Å². The van der Waals surface area contributed by atoms with Crippen LogP contribution in [0.4, 0.5) is 11.4 Å². The van der Waals surface area contributed by atoms with Gasteiger partial charge in [-0.1, -0.05) is 88.7 Å². The number of carbonyl (C=O) groups excluding carboxylic acids is 3. The lowest BCUT2D eigenvalue weighted by Crippen LogP contribution is -2.30. The highest BCUT2D eigenvalue weighted by Crippen LogP contribution is 2.37. The van der Waals surface area contributed by atoms with Gasteiger partial charge in [0.1, 0.15) is 10.9 Å². The van der Waals surface area contributed by atoms with Gasteiger partial charge in [-0.3, -0.25) is 14.4 Å². The number of hydrogen-bond donors (Lipinski definition) is 3. The van der Waals surface area contributed by atoms with Gasteiger partial charge in [0.2, 0.25) is 5.91 Å². The number of hydrogen-bond acceptors (Lipinski definition) is 4. The zero-order chi connectivity index (χ0) is 31.6. The average molecular weight is 742 g/mol. The molecular formula is C36H27Br2N3O3S. The minimum Gasteiger partial charge on any atom is -0.324 e. The standard InChI is InChI=1S/C36H27Br2N3O3S/c37-27-15-9-10-24(22-27)23-32(41-34(42)26-13-5-2-6-14-26)35(43)39-28-18-20-29(21-19-28)45-33(25-11-3-1-4-12-25)36(44)40-31-17-8-7-16-30(31)38/h1-23,33H,(H,39,43)(H,40,44)(H,41,42)/b32-23-. The van der Waals surface area contributed by atoms with Crippen LogP contribution in [0.15, 0.2) is 153 Å². The topological polar surface area (TPSA) is 87.3 Å². The van der Waals surface area contributed by atoms with E-state index in [1.54, 1.807) is 42.5 Å². The van der Waals surface area contributed by atoms with E-state index in [9.17, 15) is 14.4 Å². The van der Waals surface area contributed by atoms with Gasteiger partial charge in [0, 0.05) is 25.1 Å². The third-order valence-electron chi connectivity index (χ3n) is 6.53. The summed E-state index contributed by atoms with van der Waals surface area (Å²) in [5, 5.41) is 8.14. The molecule has 0 saturated carbocycles. The molecule has 0 aliphatic rings. The van der Waals surface area contributed by atoms with Crippen LogP contribution in [-0.2, 0) is 9.59 Å². The summed E-state index contributed by atoms with van der Waals surface area (Å²) in [7, 11) is 0. The van der Waals surface area contributed by atoms with E-state index in [1.807, 2.05) is 97.1 Å². The molecule has 0 fully saturated rings. The van der Waals surface area contributed by atoms with E-state index in [-0.39, 0.29) is 11.6 Å². The van der Waals surface area contributed by atoms with Crippen LogP contribution in [0.1, 0.15) is 26.7 Å². The molecule has 1 atom stereocenters. The molecule has 0 saturated heterocycles. The minimum absolute atomic E-state index is 0.0910. The lowest BCUT2D eigenvalue weighted by molar-refractivity contribution is -0.116. The number of anilines is 2. The van der Waals surface area contributed by atoms with E-state index < -0.39 is 17.1 Å². The second kappa shape index (κ2) is 15.5.